The predicted molar refractivity (Wildman–Crippen MR) is 111 cm³/mol. The zero-order chi connectivity index (χ0) is 20.0. The van der Waals surface area contributed by atoms with Crippen LogP contribution < -0.4 is 11.1 Å². The molecule has 2 aromatic rings. The molecule has 5 nitrogen and oxygen atoms in total. The average molecular weight is 371 g/mol. The van der Waals surface area contributed by atoms with Crippen LogP contribution in [0.5, 0.6) is 0 Å². The summed E-state index contributed by atoms with van der Waals surface area (Å²) in [5.74, 6) is 0.583. The van der Waals surface area contributed by atoms with E-state index in [9.17, 15) is 4.79 Å². The number of rotatable bonds is 9. The lowest BCUT2D eigenvalue weighted by Crippen LogP contribution is -2.41. The number of benzene rings is 1. The zero-order valence-electron chi connectivity index (χ0n) is 17.4. The first-order chi connectivity index (χ1) is 12.8. The van der Waals surface area contributed by atoms with Gasteiger partial charge < -0.3 is 11.1 Å². The third-order valence-electron chi connectivity index (χ3n) is 4.99. The summed E-state index contributed by atoms with van der Waals surface area (Å²) >= 11 is 0. The fourth-order valence-corrected chi connectivity index (χ4v) is 3.44. The van der Waals surface area contributed by atoms with Gasteiger partial charge >= 0.3 is 0 Å². The SMILES string of the molecule is Cc1ccc(Cn2nc(C)c(CCC(=O)NC(CN)CC(C)C)c2C)cc1. The van der Waals surface area contributed by atoms with Gasteiger partial charge in [-0.15, -0.1) is 0 Å². The molecule has 0 saturated carbocycles. The molecule has 1 aromatic carbocycles. The molecule has 0 spiro atoms. The minimum absolute atomic E-state index is 0.0592. The van der Waals surface area contributed by atoms with Crippen molar-refractivity contribution in [2.45, 2.75) is 66.5 Å². The number of aromatic nitrogens is 2. The highest BCUT2D eigenvalue weighted by Crippen LogP contribution is 2.17. The largest absolute Gasteiger partial charge is 0.352 e. The van der Waals surface area contributed by atoms with Crippen molar-refractivity contribution in [2.75, 3.05) is 6.54 Å². The first kappa shape index (κ1) is 21.2. The molecule has 1 amide bonds. The fourth-order valence-electron chi connectivity index (χ4n) is 3.44. The van der Waals surface area contributed by atoms with Gasteiger partial charge in [0.15, 0.2) is 0 Å². The van der Waals surface area contributed by atoms with E-state index in [1.807, 2.05) is 11.6 Å². The van der Waals surface area contributed by atoms with Crippen LogP contribution >= 0.6 is 0 Å². The minimum Gasteiger partial charge on any atom is -0.352 e. The van der Waals surface area contributed by atoms with Crippen molar-refractivity contribution in [3.05, 3.63) is 52.3 Å². The van der Waals surface area contributed by atoms with Gasteiger partial charge in [0, 0.05) is 24.7 Å². The van der Waals surface area contributed by atoms with Crippen LogP contribution in [0.15, 0.2) is 24.3 Å². The summed E-state index contributed by atoms with van der Waals surface area (Å²) in [5, 5.41) is 7.76. The molecule has 1 heterocycles. The third kappa shape index (κ3) is 6.21. The number of amides is 1. The molecule has 27 heavy (non-hydrogen) atoms. The fraction of sp³-hybridized carbons (Fsp3) is 0.545. The van der Waals surface area contributed by atoms with E-state index in [-0.39, 0.29) is 11.9 Å². The van der Waals surface area contributed by atoms with Crippen molar-refractivity contribution < 1.29 is 4.79 Å². The quantitative estimate of drug-likeness (QED) is 0.711. The van der Waals surface area contributed by atoms with E-state index in [0.717, 1.165) is 24.4 Å². The molecule has 1 aromatic heterocycles. The van der Waals surface area contributed by atoms with Crippen molar-refractivity contribution in [3.8, 4) is 0 Å². The van der Waals surface area contributed by atoms with E-state index in [2.05, 4.69) is 62.4 Å². The Balaban J connectivity index is 1.97. The van der Waals surface area contributed by atoms with E-state index in [0.29, 0.717) is 25.3 Å². The van der Waals surface area contributed by atoms with Crippen LogP contribution in [0.4, 0.5) is 0 Å². The molecule has 0 bridgehead atoms. The highest BCUT2D eigenvalue weighted by atomic mass is 16.1. The smallest absolute Gasteiger partial charge is 0.220 e. The summed E-state index contributed by atoms with van der Waals surface area (Å²) in [6.45, 7) is 11.7. The maximum Gasteiger partial charge on any atom is 0.220 e. The predicted octanol–water partition coefficient (Wildman–Crippen LogP) is 3.28. The van der Waals surface area contributed by atoms with Crippen LogP contribution in [-0.2, 0) is 17.8 Å². The summed E-state index contributed by atoms with van der Waals surface area (Å²) in [4.78, 5) is 12.3. The van der Waals surface area contributed by atoms with Crippen LogP contribution in [0.2, 0.25) is 0 Å². The maximum absolute atomic E-state index is 12.3. The second kappa shape index (κ2) is 9.70. The number of nitrogens with one attached hydrogen (secondary N) is 1. The molecule has 1 atom stereocenters. The molecule has 148 valence electrons. The van der Waals surface area contributed by atoms with Gasteiger partial charge in [-0.2, -0.15) is 5.10 Å². The first-order valence-corrected chi connectivity index (χ1v) is 9.88. The van der Waals surface area contributed by atoms with E-state index >= 15 is 0 Å². The molecule has 0 radical (unpaired) electrons. The third-order valence-corrected chi connectivity index (χ3v) is 4.99. The lowest BCUT2D eigenvalue weighted by molar-refractivity contribution is -0.121. The average Bonchev–Trinajstić information content (AvgIpc) is 2.87. The Morgan fingerprint density at radius 2 is 1.85 bits per heavy atom. The summed E-state index contributed by atoms with van der Waals surface area (Å²) in [7, 11) is 0. The molecule has 2 rings (SSSR count). The molecular weight excluding hydrogens is 336 g/mol. The molecule has 0 aliphatic carbocycles. The molecule has 1 unspecified atom stereocenters. The molecule has 0 saturated heterocycles. The Morgan fingerprint density at radius 1 is 1.19 bits per heavy atom. The summed E-state index contributed by atoms with van der Waals surface area (Å²) in [5.41, 5.74) is 11.6. The number of nitrogens with zero attached hydrogens (tertiary/aromatic N) is 2. The molecule has 5 heteroatoms. The van der Waals surface area contributed by atoms with E-state index in [4.69, 9.17) is 5.73 Å². The van der Waals surface area contributed by atoms with Gasteiger partial charge in [0.2, 0.25) is 5.91 Å². The Kier molecular flexibility index (Phi) is 7.60. The summed E-state index contributed by atoms with van der Waals surface area (Å²) in [6, 6.07) is 8.58. The van der Waals surface area contributed by atoms with Gasteiger partial charge in [-0.1, -0.05) is 43.7 Å². The van der Waals surface area contributed by atoms with Crippen molar-refractivity contribution >= 4 is 5.91 Å². The monoisotopic (exact) mass is 370 g/mol. The Hall–Kier alpha value is -2.14. The van der Waals surface area contributed by atoms with Crippen LogP contribution in [0.25, 0.3) is 0 Å². The van der Waals surface area contributed by atoms with E-state index in [1.165, 1.54) is 16.7 Å². The Morgan fingerprint density at radius 3 is 2.44 bits per heavy atom. The van der Waals surface area contributed by atoms with Gasteiger partial charge in [0.25, 0.3) is 0 Å². The van der Waals surface area contributed by atoms with Crippen molar-refractivity contribution in [2.24, 2.45) is 11.7 Å². The topological polar surface area (TPSA) is 72.9 Å². The second-order valence-corrected chi connectivity index (χ2v) is 7.92. The number of hydrogen-bond acceptors (Lipinski definition) is 3. The maximum atomic E-state index is 12.3. The highest BCUT2D eigenvalue weighted by molar-refractivity contribution is 5.76. The number of carbonyl (C=O) groups is 1. The Labute approximate surface area is 163 Å². The van der Waals surface area contributed by atoms with Gasteiger partial charge in [-0.05, 0) is 50.7 Å². The summed E-state index contributed by atoms with van der Waals surface area (Å²) < 4.78 is 2.04. The van der Waals surface area contributed by atoms with Gasteiger partial charge in [-0.25, -0.2) is 0 Å². The van der Waals surface area contributed by atoms with Gasteiger partial charge in [0.1, 0.15) is 0 Å². The molecule has 3 N–H and O–H groups in total. The summed E-state index contributed by atoms with van der Waals surface area (Å²) in [6.07, 6.45) is 2.08. The van der Waals surface area contributed by atoms with Crippen LogP contribution in [0.3, 0.4) is 0 Å². The highest BCUT2D eigenvalue weighted by Gasteiger charge is 2.16. The van der Waals surface area contributed by atoms with Crippen LogP contribution in [0.1, 0.15) is 54.8 Å². The number of hydrogen-bond donors (Lipinski definition) is 2. The number of carbonyl (C=O) groups excluding carboxylic acids is 1. The molecule has 0 fully saturated rings. The molecule has 0 aliphatic rings. The molecular formula is C22H34N4O. The number of aryl methyl sites for hydroxylation is 2. The minimum atomic E-state index is 0.0592. The number of nitrogens with two attached hydrogens (primary N) is 1. The van der Waals surface area contributed by atoms with Gasteiger partial charge in [0.05, 0.1) is 12.2 Å². The zero-order valence-corrected chi connectivity index (χ0v) is 17.4. The normalized spacial score (nSPS) is 12.4. The van der Waals surface area contributed by atoms with Crippen molar-refractivity contribution in [1.82, 2.24) is 15.1 Å². The Bertz CT molecular complexity index is 746. The molecule has 0 aliphatic heterocycles. The van der Waals surface area contributed by atoms with Crippen LogP contribution in [-0.4, -0.2) is 28.3 Å². The van der Waals surface area contributed by atoms with E-state index in [1.54, 1.807) is 0 Å². The second-order valence-electron chi connectivity index (χ2n) is 7.92. The standard InChI is InChI=1S/C22H34N4O/c1-15(2)12-20(13-23)24-22(27)11-10-21-17(4)25-26(18(21)5)14-19-8-6-16(3)7-9-19/h6-9,15,20H,10-14,23H2,1-5H3,(H,24,27). The van der Waals surface area contributed by atoms with Crippen molar-refractivity contribution in [1.29, 1.82) is 0 Å². The van der Waals surface area contributed by atoms with E-state index < -0.39 is 0 Å². The van der Waals surface area contributed by atoms with Gasteiger partial charge in [-0.3, -0.25) is 9.48 Å². The lowest BCUT2D eigenvalue weighted by Gasteiger charge is -2.18. The van der Waals surface area contributed by atoms with Crippen LogP contribution in [0, 0.1) is 26.7 Å². The lowest BCUT2D eigenvalue weighted by atomic mass is 10.0. The first-order valence-electron chi connectivity index (χ1n) is 9.88. The van der Waals surface area contributed by atoms with Crippen molar-refractivity contribution in [3.63, 3.8) is 0 Å².